The zero-order valence-electron chi connectivity index (χ0n) is 12.0. The molecule has 0 aromatic rings. The van der Waals surface area contributed by atoms with Crippen LogP contribution in [0.4, 0.5) is 0 Å². The minimum Gasteiger partial charge on any atom is -0.301 e. The van der Waals surface area contributed by atoms with Crippen molar-refractivity contribution in [2.75, 3.05) is 27.2 Å². The second-order valence-corrected chi connectivity index (χ2v) is 6.17. The quantitative estimate of drug-likeness (QED) is 0.694. The van der Waals surface area contributed by atoms with E-state index < -0.39 is 0 Å². The van der Waals surface area contributed by atoms with Gasteiger partial charge in [0.05, 0.1) is 0 Å². The van der Waals surface area contributed by atoms with Crippen LogP contribution in [-0.4, -0.2) is 48.1 Å². The van der Waals surface area contributed by atoms with Crippen molar-refractivity contribution in [1.29, 1.82) is 0 Å². The van der Waals surface area contributed by atoms with Gasteiger partial charge in [0.2, 0.25) is 0 Å². The maximum Gasteiger partial charge on any atom is 0.0162 e. The number of hydrogen-bond donors (Lipinski definition) is 0. The van der Waals surface area contributed by atoms with Crippen molar-refractivity contribution in [1.82, 2.24) is 9.80 Å². The van der Waals surface area contributed by atoms with E-state index >= 15 is 0 Å². The number of rotatable bonds is 5. The van der Waals surface area contributed by atoms with Crippen LogP contribution < -0.4 is 0 Å². The van der Waals surface area contributed by atoms with Crippen molar-refractivity contribution >= 4 is 0 Å². The molecular weight excluding hydrogens is 184 g/mol. The second kappa shape index (κ2) is 5.31. The fourth-order valence-electron chi connectivity index (χ4n) is 1.40. The van der Waals surface area contributed by atoms with E-state index in [1.807, 2.05) is 0 Å². The molecule has 0 rings (SSSR count). The molecule has 0 aliphatic heterocycles. The summed E-state index contributed by atoms with van der Waals surface area (Å²) < 4.78 is 0. The molecule has 0 aliphatic rings. The molecule has 2 heteroatoms. The van der Waals surface area contributed by atoms with Gasteiger partial charge in [-0.1, -0.05) is 6.92 Å². The monoisotopic (exact) mass is 214 g/mol. The Labute approximate surface area is 96.6 Å². The molecule has 0 atom stereocenters. The summed E-state index contributed by atoms with van der Waals surface area (Å²) in [5.74, 6) is 0. The smallest absolute Gasteiger partial charge is 0.0162 e. The molecule has 0 N–H and O–H groups in total. The first-order valence-corrected chi connectivity index (χ1v) is 6.03. The zero-order valence-corrected chi connectivity index (χ0v) is 12.0. The minimum atomic E-state index is 0.279. The predicted octanol–water partition coefficient (Wildman–Crippen LogP) is 2.84. The Morgan fingerprint density at radius 2 is 1.33 bits per heavy atom. The van der Waals surface area contributed by atoms with E-state index in [2.05, 4.69) is 65.4 Å². The Morgan fingerprint density at radius 1 is 0.867 bits per heavy atom. The van der Waals surface area contributed by atoms with Crippen molar-refractivity contribution in [3.05, 3.63) is 0 Å². The van der Waals surface area contributed by atoms with Gasteiger partial charge in [0.25, 0.3) is 0 Å². The second-order valence-electron chi connectivity index (χ2n) is 6.17. The topological polar surface area (TPSA) is 6.48 Å². The van der Waals surface area contributed by atoms with Gasteiger partial charge in [-0.15, -0.1) is 0 Å². The summed E-state index contributed by atoms with van der Waals surface area (Å²) >= 11 is 0. The largest absolute Gasteiger partial charge is 0.301 e. The molecule has 0 aromatic heterocycles. The highest BCUT2D eigenvalue weighted by Crippen LogP contribution is 2.19. The lowest BCUT2D eigenvalue weighted by Gasteiger charge is -2.39. The summed E-state index contributed by atoms with van der Waals surface area (Å²) in [6.45, 7) is 15.9. The predicted molar refractivity (Wildman–Crippen MR) is 69.4 cm³/mol. The van der Waals surface area contributed by atoms with E-state index in [0.717, 1.165) is 13.1 Å². The molecule has 0 heterocycles. The highest BCUT2D eigenvalue weighted by atomic mass is 15.2. The van der Waals surface area contributed by atoms with Gasteiger partial charge >= 0.3 is 0 Å². The van der Waals surface area contributed by atoms with Crippen LogP contribution in [0.3, 0.4) is 0 Å². The van der Waals surface area contributed by atoms with Crippen molar-refractivity contribution in [2.45, 2.75) is 59.0 Å². The first-order valence-electron chi connectivity index (χ1n) is 6.03. The minimum absolute atomic E-state index is 0.279. The molecule has 0 amide bonds. The van der Waals surface area contributed by atoms with Crippen LogP contribution >= 0.6 is 0 Å². The lowest BCUT2D eigenvalue weighted by atomic mass is 9.97. The van der Waals surface area contributed by atoms with E-state index in [-0.39, 0.29) is 5.54 Å². The normalized spacial score (nSPS) is 14.0. The average molecular weight is 214 g/mol. The van der Waals surface area contributed by atoms with Crippen LogP contribution in [0.2, 0.25) is 0 Å². The van der Waals surface area contributed by atoms with Crippen LogP contribution in [0.5, 0.6) is 0 Å². The van der Waals surface area contributed by atoms with Gasteiger partial charge in [-0.05, 0) is 61.7 Å². The van der Waals surface area contributed by atoms with Gasteiger partial charge in [-0.2, -0.15) is 0 Å². The maximum atomic E-state index is 2.43. The summed E-state index contributed by atoms with van der Waals surface area (Å²) in [5, 5.41) is 0. The van der Waals surface area contributed by atoms with Gasteiger partial charge in [-0.25, -0.2) is 0 Å². The van der Waals surface area contributed by atoms with E-state index in [9.17, 15) is 0 Å². The first kappa shape index (κ1) is 14.9. The van der Waals surface area contributed by atoms with Crippen LogP contribution in [-0.2, 0) is 0 Å². The molecule has 15 heavy (non-hydrogen) atoms. The molecule has 0 spiro atoms. The van der Waals surface area contributed by atoms with Gasteiger partial charge in [0.15, 0.2) is 0 Å². The summed E-state index contributed by atoms with van der Waals surface area (Å²) in [4.78, 5) is 4.85. The third-order valence-electron chi connectivity index (χ3n) is 3.71. The standard InChI is InChI=1S/C13H30N2/c1-9-14(7)13(5,6)10-11-15(8)12(2,3)4/h9-11H2,1-8H3. The molecular formula is C13H30N2. The molecule has 0 bridgehead atoms. The van der Waals surface area contributed by atoms with Crippen molar-refractivity contribution in [3.63, 3.8) is 0 Å². The van der Waals surface area contributed by atoms with Gasteiger partial charge in [0, 0.05) is 17.6 Å². The maximum absolute atomic E-state index is 2.43. The Hall–Kier alpha value is -0.0800. The highest BCUT2D eigenvalue weighted by molar-refractivity contribution is 4.82. The molecule has 0 aliphatic carbocycles. The van der Waals surface area contributed by atoms with Crippen molar-refractivity contribution in [3.8, 4) is 0 Å². The lowest BCUT2D eigenvalue weighted by molar-refractivity contribution is 0.107. The van der Waals surface area contributed by atoms with E-state index in [1.165, 1.54) is 6.42 Å². The summed E-state index contributed by atoms with van der Waals surface area (Å²) in [5.41, 5.74) is 0.578. The third-order valence-corrected chi connectivity index (χ3v) is 3.71. The van der Waals surface area contributed by atoms with Crippen LogP contribution in [0, 0.1) is 0 Å². The number of nitrogens with zero attached hydrogens (tertiary/aromatic N) is 2. The Morgan fingerprint density at radius 3 is 1.67 bits per heavy atom. The molecule has 0 saturated carbocycles. The Kier molecular flexibility index (Phi) is 5.28. The third kappa shape index (κ3) is 4.98. The molecule has 2 nitrogen and oxygen atoms in total. The van der Waals surface area contributed by atoms with Gasteiger partial charge < -0.3 is 9.80 Å². The highest BCUT2D eigenvalue weighted by Gasteiger charge is 2.24. The SMILES string of the molecule is CCN(C)C(C)(C)CCN(C)C(C)(C)C. The zero-order chi connectivity index (χ0) is 12.3. The van der Waals surface area contributed by atoms with Gasteiger partial charge in [0.1, 0.15) is 0 Å². The van der Waals surface area contributed by atoms with Crippen LogP contribution in [0.1, 0.15) is 48.0 Å². The molecule has 92 valence electrons. The fourth-order valence-corrected chi connectivity index (χ4v) is 1.40. The lowest BCUT2D eigenvalue weighted by Crippen LogP contribution is -2.46. The number of hydrogen-bond acceptors (Lipinski definition) is 2. The molecule has 0 aromatic carbocycles. The molecule has 0 radical (unpaired) electrons. The summed E-state index contributed by atoms with van der Waals surface area (Å²) in [6, 6.07) is 0. The van der Waals surface area contributed by atoms with Crippen LogP contribution in [0.25, 0.3) is 0 Å². The van der Waals surface area contributed by atoms with Crippen LogP contribution in [0.15, 0.2) is 0 Å². The average Bonchev–Trinajstić information content (AvgIpc) is 2.11. The van der Waals surface area contributed by atoms with E-state index in [4.69, 9.17) is 0 Å². The first-order chi connectivity index (χ1) is 6.61. The fraction of sp³-hybridized carbons (Fsp3) is 1.00. The molecule has 0 unspecified atom stereocenters. The van der Waals surface area contributed by atoms with Crippen molar-refractivity contribution < 1.29 is 0 Å². The van der Waals surface area contributed by atoms with E-state index in [0.29, 0.717) is 5.54 Å². The Balaban J connectivity index is 4.15. The summed E-state index contributed by atoms with van der Waals surface area (Å²) in [7, 11) is 4.42. The summed E-state index contributed by atoms with van der Waals surface area (Å²) in [6.07, 6.45) is 1.21. The Bertz CT molecular complexity index is 179. The van der Waals surface area contributed by atoms with E-state index in [1.54, 1.807) is 0 Å². The van der Waals surface area contributed by atoms with Crippen molar-refractivity contribution in [2.24, 2.45) is 0 Å². The molecule has 0 fully saturated rings. The van der Waals surface area contributed by atoms with Gasteiger partial charge in [-0.3, -0.25) is 0 Å². The molecule has 0 saturated heterocycles.